The Balaban J connectivity index is 2.07. The lowest BCUT2D eigenvalue weighted by molar-refractivity contribution is 0.160. The zero-order valence-electron chi connectivity index (χ0n) is 13.4. The second-order valence-electron chi connectivity index (χ2n) is 5.14. The molecule has 0 atom stereocenters. The lowest BCUT2D eigenvalue weighted by Gasteiger charge is -2.03. The van der Waals surface area contributed by atoms with Gasteiger partial charge in [-0.15, -0.1) is 0 Å². The summed E-state index contributed by atoms with van der Waals surface area (Å²) in [5.41, 5.74) is 3.10. The molecule has 0 spiro atoms. The first-order valence-electron chi connectivity index (χ1n) is 7.38. The highest BCUT2D eigenvalue weighted by Crippen LogP contribution is 2.33. The number of rotatable bonds is 5. The van der Waals surface area contributed by atoms with Crippen molar-refractivity contribution in [1.29, 1.82) is 5.26 Å². The van der Waals surface area contributed by atoms with Gasteiger partial charge in [-0.25, -0.2) is 4.98 Å². The summed E-state index contributed by atoms with van der Waals surface area (Å²) in [6.07, 6.45) is 0. The molecule has 0 aliphatic rings. The van der Waals surface area contributed by atoms with Crippen molar-refractivity contribution >= 4 is 0 Å². The fourth-order valence-corrected chi connectivity index (χ4v) is 2.39. The Morgan fingerprint density at radius 2 is 1.67 bits per heavy atom. The van der Waals surface area contributed by atoms with E-state index in [0.717, 1.165) is 22.6 Å². The van der Waals surface area contributed by atoms with Crippen LogP contribution in [0.25, 0.3) is 22.6 Å². The molecule has 5 nitrogen and oxygen atoms in total. The van der Waals surface area contributed by atoms with Crippen LogP contribution < -0.4 is 4.74 Å². The lowest BCUT2D eigenvalue weighted by atomic mass is 10.0. The zero-order chi connectivity index (χ0) is 16.9. The van der Waals surface area contributed by atoms with Crippen LogP contribution in [0, 0.1) is 11.3 Å². The molecule has 0 unspecified atom stereocenters. The molecule has 0 amide bonds. The molecular formula is C19H16N2O3. The van der Waals surface area contributed by atoms with Crippen LogP contribution in [-0.4, -0.2) is 19.2 Å². The Hall–Kier alpha value is -3.10. The van der Waals surface area contributed by atoms with E-state index < -0.39 is 0 Å². The van der Waals surface area contributed by atoms with E-state index in [2.05, 4.69) is 11.1 Å². The number of oxazole rings is 1. The fraction of sp³-hybridized carbons (Fsp3) is 0.158. The van der Waals surface area contributed by atoms with Crippen LogP contribution in [0.2, 0.25) is 0 Å². The standard InChI is InChI=1S/C19H16N2O3/c1-22-12-17-21-18(14-7-9-16(23-2)10-8-14)19(24-17)15-5-3-13(11-20)4-6-15/h3-10H,12H2,1-2H3. The van der Waals surface area contributed by atoms with Crippen molar-refractivity contribution in [3.05, 3.63) is 60.0 Å². The predicted molar refractivity (Wildman–Crippen MR) is 89.4 cm³/mol. The molecule has 0 radical (unpaired) electrons. The molecule has 0 bridgehead atoms. The van der Waals surface area contributed by atoms with E-state index in [0.29, 0.717) is 23.8 Å². The quantitative estimate of drug-likeness (QED) is 0.710. The summed E-state index contributed by atoms with van der Waals surface area (Å²) in [4.78, 5) is 4.55. The minimum Gasteiger partial charge on any atom is -0.497 e. The van der Waals surface area contributed by atoms with Gasteiger partial charge < -0.3 is 13.9 Å². The molecule has 0 aliphatic heterocycles. The van der Waals surface area contributed by atoms with Gasteiger partial charge >= 0.3 is 0 Å². The van der Waals surface area contributed by atoms with Gasteiger partial charge in [0.1, 0.15) is 18.1 Å². The van der Waals surface area contributed by atoms with Gasteiger partial charge in [0.25, 0.3) is 0 Å². The zero-order valence-corrected chi connectivity index (χ0v) is 13.4. The number of nitrogens with zero attached hydrogens (tertiary/aromatic N) is 2. The molecular weight excluding hydrogens is 304 g/mol. The maximum Gasteiger partial charge on any atom is 0.221 e. The third-order valence-electron chi connectivity index (χ3n) is 3.58. The molecule has 2 aromatic carbocycles. The molecule has 120 valence electrons. The van der Waals surface area contributed by atoms with Gasteiger partial charge in [-0.2, -0.15) is 5.26 Å². The lowest BCUT2D eigenvalue weighted by Crippen LogP contribution is -1.87. The summed E-state index contributed by atoms with van der Waals surface area (Å²) in [7, 11) is 3.22. The SMILES string of the molecule is COCc1nc(-c2ccc(OC)cc2)c(-c2ccc(C#N)cc2)o1. The number of aromatic nitrogens is 1. The van der Waals surface area contributed by atoms with Gasteiger partial charge in [0.15, 0.2) is 5.76 Å². The van der Waals surface area contributed by atoms with Gasteiger partial charge in [0.2, 0.25) is 5.89 Å². The van der Waals surface area contributed by atoms with Crippen molar-refractivity contribution in [3.63, 3.8) is 0 Å². The summed E-state index contributed by atoms with van der Waals surface area (Å²) < 4.78 is 16.2. The Morgan fingerprint density at radius 3 is 2.25 bits per heavy atom. The Bertz CT molecular complexity index is 859. The van der Waals surface area contributed by atoms with E-state index in [4.69, 9.17) is 19.2 Å². The number of ether oxygens (including phenoxy) is 2. The van der Waals surface area contributed by atoms with E-state index in [1.807, 2.05) is 36.4 Å². The number of hydrogen-bond donors (Lipinski definition) is 0. The molecule has 0 N–H and O–H groups in total. The molecule has 0 saturated heterocycles. The first-order chi connectivity index (χ1) is 11.7. The highest BCUT2D eigenvalue weighted by molar-refractivity contribution is 5.77. The first-order valence-corrected chi connectivity index (χ1v) is 7.38. The summed E-state index contributed by atoms with van der Waals surface area (Å²) in [5, 5.41) is 8.94. The fourth-order valence-electron chi connectivity index (χ4n) is 2.39. The molecule has 1 heterocycles. The summed E-state index contributed by atoms with van der Waals surface area (Å²) >= 11 is 0. The van der Waals surface area contributed by atoms with Gasteiger partial charge in [-0.1, -0.05) is 0 Å². The molecule has 3 aromatic rings. The van der Waals surface area contributed by atoms with Crippen molar-refractivity contribution < 1.29 is 13.9 Å². The normalized spacial score (nSPS) is 10.4. The number of hydrogen-bond acceptors (Lipinski definition) is 5. The smallest absolute Gasteiger partial charge is 0.221 e. The molecule has 0 fully saturated rings. The molecule has 24 heavy (non-hydrogen) atoms. The highest BCUT2D eigenvalue weighted by atomic mass is 16.5. The number of methoxy groups -OCH3 is 2. The number of nitriles is 1. The molecule has 0 saturated carbocycles. The second-order valence-corrected chi connectivity index (χ2v) is 5.14. The van der Waals surface area contributed by atoms with Crippen molar-refractivity contribution in [3.8, 4) is 34.4 Å². The van der Waals surface area contributed by atoms with E-state index in [-0.39, 0.29) is 0 Å². The molecule has 0 aliphatic carbocycles. The van der Waals surface area contributed by atoms with E-state index >= 15 is 0 Å². The largest absolute Gasteiger partial charge is 0.497 e. The Morgan fingerprint density at radius 1 is 1.00 bits per heavy atom. The predicted octanol–water partition coefficient (Wildman–Crippen LogP) is 4.04. The third-order valence-corrected chi connectivity index (χ3v) is 3.58. The summed E-state index contributed by atoms with van der Waals surface area (Å²) in [6, 6.07) is 16.9. The average molecular weight is 320 g/mol. The monoisotopic (exact) mass is 320 g/mol. The van der Waals surface area contributed by atoms with Gasteiger partial charge in [0.05, 0.1) is 18.7 Å². The van der Waals surface area contributed by atoms with Crippen LogP contribution >= 0.6 is 0 Å². The first kappa shape index (κ1) is 15.8. The summed E-state index contributed by atoms with van der Waals surface area (Å²) in [6.45, 7) is 0.291. The van der Waals surface area contributed by atoms with Crippen LogP contribution in [0.4, 0.5) is 0 Å². The number of benzene rings is 2. The van der Waals surface area contributed by atoms with Crippen LogP contribution in [0.3, 0.4) is 0 Å². The average Bonchev–Trinajstić information content (AvgIpc) is 3.06. The maximum absolute atomic E-state index is 8.94. The molecule has 5 heteroatoms. The van der Waals surface area contributed by atoms with Crippen molar-refractivity contribution in [2.24, 2.45) is 0 Å². The Labute approximate surface area is 140 Å². The highest BCUT2D eigenvalue weighted by Gasteiger charge is 2.17. The van der Waals surface area contributed by atoms with Crippen molar-refractivity contribution in [1.82, 2.24) is 4.98 Å². The van der Waals surface area contributed by atoms with E-state index in [1.54, 1.807) is 26.4 Å². The van der Waals surface area contributed by atoms with Crippen LogP contribution in [-0.2, 0) is 11.3 Å². The Kier molecular flexibility index (Phi) is 4.59. The minimum atomic E-state index is 0.291. The minimum absolute atomic E-state index is 0.291. The molecule has 3 rings (SSSR count). The van der Waals surface area contributed by atoms with Crippen LogP contribution in [0.5, 0.6) is 5.75 Å². The van der Waals surface area contributed by atoms with E-state index in [9.17, 15) is 0 Å². The summed E-state index contributed by atoms with van der Waals surface area (Å²) in [5.74, 6) is 1.93. The topological polar surface area (TPSA) is 68.3 Å². The second kappa shape index (κ2) is 6.99. The van der Waals surface area contributed by atoms with Crippen LogP contribution in [0.15, 0.2) is 52.9 Å². The van der Waals surface area contributed by atoms with Crippen molar-refractivity contribution in [2.45, 2.75) is 6.61 Å². The van der Waals surface area contributed by atoms with E-state index in [1.165, 1.54) is 0 Å². The van der Waals surface area contributed by atoms with Crippen molar-refractivity contribution in [2.75, 3.05) is 14.2 Å². The van der Waals surface area contributed by atoms with Gasteiger partial charge in [0, 0.05) is 18.2 Å². The van der Waals surface area contributed by atoms with Gasteiger partial charge in [-0.05, 0) is 48.5 Å². The van der Waals surface area contributed by atoms with Crippen LogP contribution in [0.1, 0.15) is 11.5 Å². The van der Waals surface area contributed by atoms with Gasteiger partial charge in [-0.3, -0.25) is 0 Å². The third kappa shape index (κ3) is 3.14. The molecule has 1 aromatic heterocycles. The maximum atomic E-state index is 8.94.